The molecule has 1 N–H and O–H groups in total. The summed E-state index contributed by atoms with van der Waals surface area (Å²) in [6.45, 7) is 2.40. The zero-order valence-corrected chi connectivity index (χ0v) is 18.6. The SMILES string of the molecule is CN(CCOC(C)(c1ccccc1)c1ccc(Cl)cc1)P(=O)(O)Oc1ccccc1. The Morgan fingerprint density at radius 3 is 2.07 bits per heavy atom. The number of hydrogen-bond donors (Lipinski definition) is 1. The van der Waals surface area contributed by atoms with Gasteiger partial charge in [-0.3, -0.25) is 0 Å². The fraction of sp³-hybridized carbons (Fsp3) is 0.217. The molecule has 3 aromatic carbocycles. The summed E-state index contributed by atoms with van der Waals surface area (Å²) < 4.78 is 25.5. The van der Waals surface area contributed by atoms with Crippen molar-refractivity contribution in [3.8, 4) is 5.75 Å². The van der Waals surface area contributed by atoms with Gasteiger partial charge in [-0.2, -0.15) is 4.67 Å². The number of rotatable bonds is 9. The molecule has 5 nitrogen and oxygen atoms in total. The van der Waals surface area contributed by atoms with Crippen molar-refractivity contribution in [2.75, 3.05) is 20.2 Å². The summed E-state index contributed by atoms with van der Waals surface area (Å²) in [6, 6.07) is 25.9. The van der Waals surface area contributed by atoms with E-state index in [1.165, 1.54) is 11.7 Å². The van der Waals surface area contributed by atoms with Gasteiger partial charge in [-0.15, -0.1) is 0 Å². The van der Waals surface area contributed by atoms with Crippen LogP contribution >= 0.6 is 19.3 Å². The average Bonchev–Trinajstić information content (AvgIpc) is 2.75. The topological polar surface area (TPSA) is 59.0 Å². The Bertz CT molecular complexity index is 985. The van der Waals surface area contributed by atoms with Crippen LogP contribution in [0.1, 0.15) is 18.1 Å². The first-order valence-corrected chi connectivity index (χ1v) is 11.5. The lowest BCUT2D eigenvalue weighted by Gasteiger charge is -2.32. The van der Waals surface area contributed by atoms with Gasteiger partial charge in [0.2, 0.25) is 0 Å². The zero-order chi connectivity index (χ0) is 21.6. The van der Waals surface area contributed by atoms with E-state index in [-0.39, 0.29) is 13.2 Å². The van der Waals surface area contributed by atoms with E-state index in [0.717, 1.165) is 11.1 Å². The van der Waals surface area contributed by atoms with Gasteiger partial charge in [0.1, 0.15) is 11.4 Å². The monoisotopic (exact) mass is 445 g/mol. The van der Waals surface area contributed by atoms with Crippen LogP contribution in [0.2, 0.25) is 5.02 Å². The number of benzene rings is 3. The number of nitrogens with zero attached hydrogens (tertiary/aromatic N) is 1. The molecular formula is C23H25ClNO4P. The predicted octanol–water partition coefficient (Wildman–Crippen LogP) is 5.73. The molecule has 2 unspecified atom stereocenters. The van der Waals surface area contributed by atoms with E-state index in [9.17, 15) is 9.46 Å². The van der Waals surface area contributed by atoms with E-state index >= 15 is 0 Å². The van der Waals surface area contributed by atoms with Crippen LogP contribution in [-0.4, -0.2) is 29.8 Å². The molecule has 0 aliphatic rings. The summed E-state index contributed by atoms with van der Waals surface area (Å²) in [6.07, 6.45) is 0. The minimum Gasteiger partial charge on any atom is -0.413 e. The third-order valence-corrected chi connectivity index (χ3v) is 6.69. The smallest absolute Gasteiger partial charge is 0.413 e. The molecule has 0 radical (unpaired) electrons. The molecule has 0 fully saturated rings. The lowest BCUT2D eigenvalue weighted by atomic mass is 9.88. The van der Waals surface area contributed by atoms with Crippen LogP contribution in [0, 0.1) is 0 Å². The molecule has 0 spiro atoms. The van der Waals surface area contributed by atoms with E-state index in [1.54, 1.807) is 24.3 Å². The largest absolute Gasteiger partial charge is 0.458 e. The maximum absolute atomic E-state index is 12.6. The van der Waals surface area contributed by atoms with E-state index < -0.39 is 13.3 Å². The maximum atomic E-state index is 12.6. The highest BCUT2D eigenvalue weighted by Crippen LogP contribution is 2.45. The van der Waals surface area contributed by atoms with Gasteiger partial charge in [-0.25, -0.2) is 4.57 Å². The molecule has 0 saturated heterocycles. The summed E-state index contributed by atoms with van der Waals surface area (Å²) in [7, 11) is -2.47. The van der Waals surface area contributed by atoms with E-state index in [1.807, 2.05) is 67.6 Å². The fourth-order valence-corrected chi connectivity index (χ4v) is 4.05. The molecule has 3 rings (SSSR count). The molecule has 0 amide bonds. The van der Waals surface area contributed by atoms with Crippen molar-refractivity contribution in [2.45, 2.75) is 12.5 Å². The third kappa shape index (κ3) is 5.51. The first kappa shape index (κ1) is 22.5. The number of ether oxygens (including phenoxy) is 1. The van der Waals surface area contributed by atoms with Gasteiger partial charge in [0.15, 0.2) is 0 Å². The van der Waals surface area contributed by atoms with Crippen molar-refractivity contribution in [2.24, 2.45) is 0 Å². The molecule has 7 heteroatoms. The molecule has 0 saturated carbocycles. The molecule has 0 aliphatic carbocycles. The van der Waals surface area contributed by atoms with Crippen molar-refractivity contribution in [3.63, 3.8) is 0 Å². The van der Waals surface area contributed by atoms with E-state index in [0.29, 0.717) is 10.8 Å². The van der Waals surface area contributed by atoms with Gasteiger partial charge < -0.3 is 14.2 Å². The van der Waals surface area contributed by atoms with Crippen molar-refractivity contribution in [3.05, 3.63) is 101 Å². The molecule has 3 aromatic rings. The minimum atomic E-state index is -4.00. The van der Waals surface area contributed by atoms with Crippen LogP contribution in [0.4, 0.5) is 0 Å². The van der Waals surface area contributed by atoms with Crippen molar-refractivity contribution >= 4 is 19.3 Å². The Labute approximate surface area is 182 Å². The van der Waals surface area contributed by atoms with Crippen LogP contribution in [0.3, 0.4) is 0 Å². The van der Waals surface area contributed by atoms with Crippen LogP contribution in [0.15, 0.2) is 84.9 Å². The molecule has 0 aliphatic heterocycles. The second-order valence-electron chi connectivity index (χ2n) is 7.03. The highest BCUT2D eigenvalue weighted by atomic mass is 35.5. The Kier molecular flexibility index (Phi) is 7.35. The number of para-hydroxylation sites is 1. The molecular weight excluding hydrogens is 421 g/mol. The molecule has 2 atom stereocenters. The first-order chi connectivity index (χ1) is 14.3. The Morgan fingerprint density at radius 2 is 1.47 bits per heavy atom. The molecule has 0 aromatic heterocycles. The van der Waals surface area contributed by atoms with Crippen LogP contribution in [-0.2, 0) is 14.9 Å². The fourth-order valence-electron chi connectivity index (χ4n) is 3.05. The zero-order valence-electron chi connectivity index (χ0n) is 16.9. The lowest BCUT2D eigenvalue weighted by Crippen LogP contribution is -2.31. The summed E-state index contributed by atoms with van der Waals surface area (Å²) in [5.74, 6) is 0.339. The first-order valence-electron chi connectivity index (χ1n) is 9.56. The van der Waals surface area contributed by atoms with E-state index in [4.69, 9.17) is 20.9 Å². The second-order valence-corrected chi connectivity index (χ2v) is 9.31. The average molecular weight is 446 g/mol. The number of halogens is 1. The summed E-state index contributed by atoms with van der Waals surface area (Å²) in [5, 5.41) is 0.646. The van der Waals surface area contributed by atoms with Crippen LogP contribution in [0.25, 0.3) is 0 Å². The summed E-state index contributed by atoms with van der Waals surface area (Å²) >= 11 is 6.05. The normalized spacial score (nSPS) is 15.4. The molecule has 30 heavy (non-hydrogen) atoms. The second kappa shape index (κ2) is 9.78. The van der Waals surface area contributed by atoms with Gasteiger partial charge in [0, 0.05) is 11.6 Å². The highest BCUT2D eigenvalue weighted by Gasteiger charge is 2.32. The van der Waals surface area contributed by atoms with Gasteiger partial charge in [-0.1, -0.05) is 72.3 Å². The summed E-state index contributed by atoms with van der Waals surface area (Å²) in [4.78, 5) is 10.3. The quantitative estimate of drug-likeness (QED) is 0.426. The van der Waals surface area contributed by atoms with Crippen molar-refractivity contribution in [1.29, 1.82) is 0 Å². The van der Waals surface area contributed by atoms with Gasteiger partial charge in [0.25, 0.3) is 0 Å². The minimum absolute atomic E-state index is 0.205. The number of hydrogen-bond acceptors (Lipinski definition) is 3. The predicted molar refractivity (Wildman–Crippen MR) is 120 cm³/mol. The Balaban J connectivity index is 1.71. The third-order valence-electron chi connectivity index (χ3n) is 4.92. The highest BCUT2D eigenvalue weighted by molar-refractivity contribution is 7.50. The van der Waals surface area contributed by atoms with Crippen LogP contribution in [0.5, 0.6) is 5.75 Å². The Hall–Kier alpha value is -2.14. The molecule has 0 heterocycles. The lowest BCUT2D eigenvalue weighted by molar-refractivity contribution is -0.00802. The van der Waals surface area contributed by atoms with Crippen molar-refractivity contribution < 1.29 is 18.7 Å². The van der Waals surface area contributed by atoms with Gasteiger partial charge in [0.05, 0.1) is 6.61 Å². The van der Waals surface area contributed by atoms with E-state index in [2.05, 4.69) is 0 Å². The summed E-state index contributed by atoms with van der Waals surface area (Å²) in [5.41, 5.74) is 1.17. The number of likely N-dealkylation sites (N-methyl/N-ethyl adjacent to an activating group) is 1. The molecule has 158 valence electrons. The van der Waals surface area contributed by atoms with Gasteiger partial charge >= 0.3 is 7.75 Å². The van der Waals surface area contributed by atoms with Crippen molar-refractivity contribution in [1.82, 2.24) is 4.67 Å². The molecule has 0 bridgehead atoms. The van der Waals surface area contributed by atoms with Crippen LogP contribution < -0.4 is 4.52 Å². The standard InChI is InChI=1S/C23H25ClNO4P/c1-23(19-9-5-3-6-10-19,20-13-15-21(24)16-14-20)28-18-17-25(2)30(26,27)29-22-11-7-4-8-12-22/h3-16H,17-18H2,1-2H3,(H,26,27). The maximum Gasteiger partial charge on any atom is 0.458 e. The Morgan fingerprint density at radius 1 is 0.933 bits per heavy atom. The van der Waals surface area contributed by atoms with Gasteiger partial charge in [-0.05, 0) is 49.4 Å².